The first-order valence-electron chi connectivity index (χ1n) is 9.96. The fourth-order valence-corrected chi connectivity index (χ4v) is 3.61. The zero-order valence-corrected chi connectivity index (χ0v) is 17.2. The summed E-state index contributed by atoms with van der Waals surface area (Å²) < 4.78 is 19.7. The number of hydrogen-bond acceptors (Lipinski definition) is 5. The number of hydrogen-bond donors (Lipinski definition) is 0. The second-order valence-corrected chi connectivity index (χ2v) is 7.54. The Bertz CT molecular complexity index is 901. The van der Waals surface area contributed by atoms with Crippen LogP contribution in [0.25, 0.3) is 0 Å². The molecule has 7 nitrogen and oxygen atoms in total. The maximum Gasteiger partial charge on any atom is 0.276 e. The molecule has 2 aromatic rings. The van der Waals surface area contributed by atoms with E-state index in [-0.39, 0.29) is 22.9 Å². The Hall–Kier alpha value is -2.84. The van der Waals surface area contributed by atoms with Crippen molar-refractivity contribution < 1.29 is 18.8 Å². The molecule has 1 saturated heterocycles. The van der Waals surface area contributed by atoms with Gasteiger partial charge in [-0.05, 0) is 25.5 Å². The molecule has 0 aromatic heterocycles. The predicted molar refractivity (Wildman–Crippen MR) is 111 cm³/mol. The van der Waals surface area contributed by atoms with Gasteiger partial charge in [-0.15, -0.1) is 0 Å². The number of amides is 1. The number of carbonyl (C=O) groups is 1. The molecule has 0 N–H and O–H groups in total. The molecule has 0 spiro atoms. The molecule has 3 rings (SSSR count). The van der Waals surface area contributed by atoms with Gasteiger partial charge in [0.1, 0.15) is 5.82 Å². The fourth-order valence-electron chi connectivity index (χ4n) is 3.61. The number of carbonyl (C=O) groups excluding carboxylic acids is 1. The van der Waals surface area contributed by atoms with Crippen molar-refractivity contribution in [1.29, 1.82) is 0 Å². The van der Waals surface area contributed by atoms with E-state index in [1.165, 1.54) is 13.0 Å². The summed E-state index contributed by atoms with van der Waals surface area (Å²) in [7, 11) is 0. The van der Waals surface area contributed by atoms with Crippen LogP contribution in [0.15, 0.2) is 42.5 Å². The van der Waals surface area contributed by atoms with Crippen LogP contribution in [0.4, 0.5) is 10.1 Å². The normalized spacial score (nSPS) is 15.6. The molecule has 0 aliphatic carbocycles. The zero-order chi connectivity index (χ0) is 21.7. The number of rotatable bonds is 7. The van der Waals surface area contributed by atoms with Gasteiger partial charge in [-0.25, -0.2) is 4.39 Å². The summed E-state index contributed by atoms with van der Waals surface area (Å²) in [5, 5.41) is 11.3. The van der Waals surface area contributed by atoms with Gasteiger partial charge in [0.25, 0.3) is 11.6 Å². The van der Waals surface area contributed by atoms with Crippen molar-refractivity contribution in [3.8, 4) is 0 Å². The molecule has 0 radical (unpaired) electrons. The SMILES string of the molecule is Cc1c(F)cc(C(=O)N(Cc2ccccc2)C(C)CN2CCOCC2)cc1[N+](=O)[O-]. The summed E-state index contributed by atoms with van der Waals surface area (Å²) in [5.74, 6) is -1.19. The summed E-state index contributed by atoms with van der Waals surface area (Å²) in [6, 6.07) is 11.6. The Kier molecular flexibility index (Phi) is 7.12. The number of nitro benzene ring substituents is 1. The molecule has 1 atom stereocenters. The van der Waals surface area contributed by atoms with E-state index in [0.29, 0.717) is 26.3 Å². The molecule has 2 aromatic carbocycles. The number of morpholine rings is 1. The maximum atomic E-state index is 14.3. The average Bonchev–Trinajstić information content (AvgIpc) is 2.74. The highest BCUT2D eigenvalue weighted by Gasteiger charge is 2.27. The molecule has 0 saturated carbocycles. The van der Waals surface area contributed by atoms with Crippen LogP contribution in [0, 0.1) is 22.9 Å². The maximum absolute atomic E-state index is 14.3. The first-order chi connectivity index (χ1) is 14.4. The molecule has 1 aliphatic rings. The van der Waals surface area contributed by atoms with Crippen LogP contribution in [0.3, 0.4) is 0 Å². The first kappa shape index (κ1) is 21.9. The molecule has 1 heterocycles. The van der Waals surface area contributed by atoms with E-state index < -0.39 is 16.6 Å². The molecular weight excluding hydrogens is 389 g/mol. The van der Waals surface area contributed by atoms with E-state index in [2.05, 4.69) is 4.90 Å². The molecule has 1 amide bonds. The van der Waals surface area contributed by atoms with Crippen LogP contribution in [-0.4, -0.2) is 59.5 Å². The fraction of sp³-hybridized carbons (Fsp3) is 0.409. The van der Waals surface area contributed by atoms with Crippen molar-refractivity contribution >= 4 is 11.6 Å². The molecule has 8 heteroatoms. The van der Waals surface area contributed by atoms with E-state index in [4.69, 9.17) is 4.74 Å². The van der Waals surface area contributed by atoms with Crippen LogP contribution in [0.1, 0.15) is 28.4 Å². The van der Waals surface area contributed by atoms with E-state index in [1.54, 1.807) is 4.90 Å². The topological polar surface area (TPSA) is 75.9 Å². The molecule has 1 fully saturated rings. The number of nitro groups is 1. The monoisotopic (exact) mass is 415 g/mol. The van der Waals surface area contributed by atoms with Gasteiger partial charge in [-0.3, -0.25) is 19.8 Å². The van der Waals surface area contributed by atoms with Crippen LogP contribution in [0.5, 0.6) is 0 Å². The summed E-state index contributed by atoms with van der Waals surface area (Å²) >= 11 is 0. The van der Waals surface area contributed by atoms with Crippen molar-refractivity contribution in [1.82, 2.24) is 9.80 Å². The standard InChI is InChI=1S/C22H26FN3O4/c1-16(14-24-8-10-30-11-9-24)25(15-18-6-4-3-5-7-18)22(27)19-12-20(23)17(2)21(13-19)26(28)29/h3-7,12-13,16H,8-11,14-15H2,1-2H3. The summed E-state index contributed by atoms with van der Waals surface area (Å²) in [6.07, 6.45) is 0. The van der Waals surface area contributed by atoms with Crippen molar-refractivity contribution in [3.63, 3.8) is 0 Å². The second-order valence-electron chi connectivity index (χ2n) is 7.54. The van der Waals surface area contributed by atoms with E-state index in [0.717, 1.165) is 24.7 Å². The number of halogens is 1. The summed E-state index contributed by atoms with van der Waals surface area (Å²) in [4.78, 5) is 27.9. The van der Waals surface area contributed by atoms with Gasteiger partial charge in [-0.2, -0.15) is 0 Å². The minimum Gasteiger partial charge on any atom is -0.379 e. The van der Waals surface area contributed by atoms with Crippen LogP contribution < -0.4 is 0 Å². The lowest BCUT2D eigenvalue weighted by Gasteiger charge is -2.35. The average molecular weight is 415 g/mol. The lowest BCUT2D eigenvalue weighted by molar-refractivity contribution is -0.385. The quantitative estimate of drug-likeness (QED) is 0.512. The minimum absolute atomic E-state index is 0.0189. The van der Waals surface area contributed by atoms with E-state index in [1.807, 2.05) is 37.3 Å². The largest absolute Gasteiger partial charge is 0.379 e. The Morgan fingerprint density at radius 3 is 2.57 bits per heavy atom. The lowest BCUT2D eigenvalue weighted by atomic mass is 10.1. The predicted octanol–water partition coefficient (Wildman–Crippen LogP) is 3.41. The van der Waals surface area contributed by atoms with E-state index in [9.17, 15) is 19.3 Å². The highest BCUT2D eigenvalue weighted by Crippen LogP contribution is 2.25. The lowest BCUT2D eigenvalue weighted by Crippen LogP contribution is -2.48. The Labute approximate surface area is 175 Å². The van der Waals surface area contributed by atoms with Gasteiger partial charge in [0.15, 0.2) is 0 Å². The van der Waals surface area contributed by atoms with Crippen molar-refractivity contribution in [2.45, 2.75) is 26.4 Å². The zero-order valence-electron chi connectivity index (χ0n) is 17.2. The van der Waals surface area contributed by atoms with Gasteiger partial charge in [-0.1, -0.05) is 30.3 Å². The van der Waals surface area contributed by atoms with Crippen LogP contribution in [-0.2, 0) is 11.3 Å². The minimum atomic E-state index is -0.756. The van der Waals surface area contributed by atoms with Gasteiger partial charge in [0.2, 0.25) is 0 Å². The Balaban J connectivity index is 1.90. The van der Waals surface area contributed by atoms with Crippen LogP contribution >= 0.6 is 0 Å². The summed E-state index contributed by atoms with van der Waals surface area (Å²) in [6.45, 7) is 7.10. The number of ether oxygens (including phenoxy) is 1. The first-order valence-corrected chi connectivity index (χ1v) is 9.96. The molecule has 160 valence electrons. The van der Waals surface area contributed by atoms with Crippen molar-refractivity contribution in [3.05, 3.63) is 75.1 Å². The van der Waals surface area contributed by atoms with Gasteiger partial charge < -0.3 is 9.64 Å². The smallest absolute Gasteiger partial charge is 0.276 e. The number of benzene rings is 2. The summed E-state index contributed by atoms with van der Waals surface area (Å²) in [5.41, 5.74) is 0.447. The van der Waals surface area contributed by atoms with Crippen molar-refractivity contribution in [2.75, 3.05) is 32.8 Å². The Morgan fingerprint density at radius 2 is 1.93 bits per heavy atom. The molecular formula is C22H26FN3O4. The third kappa shape index (κ3) is 5.20. The van der Waals surface area contributed by atoms with Gasteiger partial charge >= 0.3 is 0 Å². The third-order valence-corrected chi connectivity index (χ3v) is 5.38. The van der Waals surface area contributed by atoms with Gasteiger partial charge in [0.05, 0.1) is 23.7 Å². The molecule has 1 unspecified atom stereocenters. The Morgan fingerprint density at radius 1 is 1.27 bits per heavy atom. The van der Waals surface area contributed by atoms with Gasteiger partial charge in [0, 0.05) is 43.9 Å². The van der Waals surface area contributed by atoms with E-state index >= 15 is 0 Å². The number of nitrogens with zero attached hydrogens (tertiary/aromatic N) is 3. The highest BCUT2D eigenvalue weighted by atomic mass is 19.1. The molecule has 0 bridgehead atoms. The van der Waals surface area contributed by atoms with Crippen molar-refractivity contribution in [2.24, 2.45) is 0 Å². The van der Waals surface area contributed by atoms with Crippen LogP contribution in [0.2, 0.25) is 0 Å². The highest BCUT2D eigenvalue weighted by molar-refractivity contribution is 5.95. The second kappa shape index (κ2) is 9.77. The molecule has 1 aliphatic heterocycles. The third-order valence-electron chi connectivity index (χ3n) is 5.38. The molecule has 30 heavy (non-hydrogen) atoms.